The van der Waals surface area contributed by atoms with Gasteiger partial charge in [-0.1, -0.05) is 13.8 Å². The van der Waals surface area contributed by atoms with Crippen LogP contribution in [0.5, 0.6) is 0 Å². The lowest BCUT2D eigenvalue weighted by Crippen LogP contribution is -2.44. The summed E-state index contributed by atoms with van der Waals surface area (Å²) in [7, 11) is -1.88. The van der Waals surface area contributed by atoms with E-state index in [1.165, 1.54) is 11.4 Å². The molecule has 0 aromatic heterocycles. The summed E-state index contributed by atoms with van der Waals surface area (Å²) in [5, 5.41) is 0. The van der Waals surface area contributed by atoms with E-state index < -0.39 is 10.2 Å². The predicted octanol–water partition coefficient (Wildman–Crippen LogP) is -0.226. The third kappa shape index (κ3) is 7.67. The van der Waals surface area contributed by atoms with Crippen LogP contribution in [0.4, 0.5) is 0 Å². The van der Waals surface area contributed by atoms with Crippen LogP contribution in [0.15, 0.2) is 0 Å². The van der Waals surface area contributed by atoms with E-state index in [-0.39, 0.29) is 12.5 Å². The Kier molecular flexibility index (Phi) is 8.71. The maximum atomic E-state index is 12.0. The van der Waals surface area contributed by atoms with E-state index in [2.05, 4.69) is 4.72 Å². The van der Waals surface area contributed by atoms with Gasteiger partial charge in [0.15, 0.2) is 0 Å². The molecule has 0 unspecified atom stereocenters. The second-order valence-electron chi connectivity index (χ2n) is 4.29. The molecule has 0 spiro atoms. The molecule has 0 aliphatic heterocycles. The number of rotatable bonds is 10. The molecule has 0 amide bonds. The number of methoxy groups -OCH3 is 1. The normalized spacial score (nSPS) is 12.6. The molecule has 0 rings (SSSR count). The molecule has 0 aromatic carbocycles. The van der Waals surface area contributed by atoms with E-state index in [4.69, 9.17) is 10.5 Å². The van der Waals surface area contributed by atoms with Gasteiger partial charge in [0.2, 0.25) is 0 Å². The van der Waals surface area contributed by atoms with Crippen LogP contribution in [0, 0.1) is 5.92 Å². The zero-order valence-electron chi connectivity index (χ0n) is 11.0. The molecule has 0 saturated heterocycles. The van der Waals surface area contributed by atoms with Crippen LogP contribution in [-0.4, -0.2) is 52.6 Å². The molecule has 0 bridgehead atoms. The van der Waals surface area contributed by atoms with Crippen molar-refractivity contribution in [1.29, 1.82) is 0 Å². The van der Waals surface area contributed by atoms with Gasteiger partial charge in [-0.25, -0.2) is 0 Å². The van der Waals surface area contributed by atoms with Gasteiger partial charge in [0.25, 0.3) is 10.2 Å². The summed E-state index contributed by atoms with van der Waals surface area (Å²) in [4.78, 5) is 0. The molecule has 0 aromatic rings. The fourth-order valence-electron chi connectivity index (χ4n) is 1.35. The van der Waals surface area contributed by atoms with E-state index in [9.17, 15) is 8.42 Å². The van der Waals surface area contributed by atoms with Crippen LogP contribution in [0.3, 0.4) is 0 Å². The largest absolute Gasteiger partial charge is 0.383 e. The minimum absolute atomic E-state index is 0.284. The quantitative estimate of drug-likeness (QED) is 0.536. The number of hydrogen-bond acceptors (Lipinski definition) is 4. The summed E-state index contributed by atoms with van der Waals surface area (Å²) in [5.41, 5.74) is 5.41. The number of hydrogen-bond donors (Lipinski definition) is 2. The Morgan fingerprint density at radius 1 is 1.41 bits per heavy atom. The molecule has 0 fully saturated rings. The van der Waals surface area contributed by atoms with Gasteiger partial charge in [0, 0.05) is 26.7 Å². The number of ether oxygens (including phenoxy) is 1. The van der Waals surface area contributed by atoms with Gasteiger partial charge in [-0.05, 0) is 18.9 Å². The molecule has 6 nitrogen and oxygen atoms in total. The molecular weight excluding hydrogens is 242 g/mol. The highest BCUT2D eigenvalue weighted by atomic mass is 32.2. The van der Waals surface area contributed by atoms with E-state index in [0.29, 0.717) is 32.7 Å². The second-order valence-corrected chi connectivity index (χ2v) is 6.04. The summed E-state index contributed by atoms with van der Waals surface area (Å²) in [5.74, 6) is 0.284. The predicted molar refractivity (Wildman–Crippen MR) is 68.9 cm³/mol. The van der Waals surface area contributed by atoms with Gasteiger partial charge < -0.3 is 10.5 Å². The summed E-state index contributed by atoms with van der Waals surface area (Å²) < 4.78 is 32.7. The third-order valence-corrected chi connectivity index (χ3v) is 3.69. The second kappa shape index (κ2) is 8.82. The molecule has 0 aliphatic carbocycles. The highest BCUT2D eigenvalue weighted by molar-refractivity contribution is 7.87. The zero-order chi connectivity index (χ0) is 13.3. The van der Waals surface area contributed by atoms with E-state index in [1.807, 2.05) is 13.8 Å². The lowest BCUT2D eigenvalue weighted by molar-refractivity contribution is 0.203. The Morgan fingerprint density at radius 3 is 2.53 bits per heavy atom. The van der Waals surface area contributed by atoms with Gasteiger partial charge in [-0.2, -0.15) is 17.4 Å². The monoisotopic (exact) mass is 267 g/mol. The average Bonchev–Trinajstić information content (AvgIpc) is 2.23. The van der Waals surface area contributed by atoms with Crippen LogP contribution >= 0.6 is 0 Å². The van der Waals surface area contributed by atoms with Crippen molar-refractivity contribution >= 4 is 10.2 Å². The van der Waals surface area contributed by atoms with Gasteiger partial charge in [-0.3, -0.25) is 0 Å². The van der Waals surface area contributed by atoms with Crippen molar-refractivity contribution in [1.82, 2.24) is 9.03 Å². The third-order valence-electron chi connectivity index (χ3n) is 2.11. The topological polar surface area (TPSA) is 84.7 Å². The molecule has 104 valence electrons. The van der Waals surface area contributed by atoms with Crippen LogP contribution in [-0.2, 0) is 14.9 Å². The van der Waals surface area contributed by atoms with Crippen LogP contribution < -0.4 is 10.5 Å². The Morgan fingerprint density at radius 2 is 2.06 bits per heavy atom. The summed E-state index contributed by atoms with van der Waals surface area (Å²) >= 11 is 0. The fourth-order valence-corrected chi connectivity index (χ4v) is 2.74. The number of nitrogens with zero attached hydrogens (tertiary/aromatic N) is 1. The smallest absolute Gasteiger partial charge is 0.279 e. The Balaban J connectivity index is 4.41. The zero-order valence-corrected chi connectivity index (χ0v) is 11.8. The minimum atomic E-state index is -3.41. The van der Waals surface area contributed by atoms with Gasteiger partial charge in [0.05, 0.1) is 6.61 Å². The molecule has 0 aliphatic rings. The van der Waals surface area contributed by atoms with E-state index >= 15 is 0 Å². The van der Waals surface area contributed by atoms with Crippen LogP contribution in [0.1, 0.15) is 20.3 Å². The Hall–Kier alpha value is -0.210. The minimum Gasteiger partial charge on any atom is -0.383 e. The average molecular weight is 267 g/mol. The first-order valence-corrected chi connectivity index (χ1v) is 7.31. The number of nitrogens with one attached hydrogen (secondary N) is 1. The van der Waals surface area contributed by atoms with Crippen LogP contribution in [0.2, 0.25) is 0 Å². The van der Waals surface area contributed by atoms with Crippen molar-refractivity contribution < 1.29 is 13.2 Å². The summed E-state index contributed by atoms with van der Waals surface area (Å²) in [6, 6.07) is 0. The SMILES string of the molecule is COCCNS(=O)(=O)N(CCCN)CC(C)C. The van der Waals surface area contributed by atoms with Gasteiger partial charge in [-0.15, -0.1) is 0 Å². The van der Waals surface area contributed by atoms with Crippen LogP contribution in [0.25, 0.3) is 0 Å². The van der Waals surface area contributed by atoms with Crippen molar-refractivity contribution in [3.05, 3.63) is 0 Å². The lowest BCUT2D eigenvalue weighted by Gasteiger charge is -2.23. The molecule has 0 heterocycles. The highest BCUT2D eigenvalue weighted by Crippen LogP contribution is 2.04. The maximum absolute atomic E-state index is 12.0. The Bertz CT molecular complexity index is 281. The fraction of sp³-hybridized carbons (Fsp3) is 1.00. The van der Waals surface area contributed by atoms with Crippen molar-refractivity contribution in [2.24, 2.45) is 11.7 Å². The molecular formula is C10H25N3O3S. The molecule has 0 radical (unpaired) electrons. The lowest BCUT2D eigenvalue weighted by atomic mass is 10.2. The highest BCUT2D eigenvalue weighted by Gasteiger charge is 2.21. The summed E-state index contributed by atoms with van der Waals surface area (Å²) in [6.45, 7) is 6.07. The molecule has 0 saturated carbocycles. The number of nitrogens with two attached hydrogens (primary N) is 1. The standard InChI is InChI=1S/C10H25N3O3S/c1-10(2)9-13(7-4-5-11)17(14,15)12-6-8-16-3/h10,12H,4-9,11H2,1-3H3. The Labute approximate surface area is 105 Å². The van der Waals surface area contributed by atoms with Gasteiger partial charge >= 0.3 is 0 Å². The van der Waals surface area contributed by atoms with E-state index in [0.717, 1.165) is 0 Å². The van der Waals surface area contributed by atoms with Crippen molar-refractivity contribution in [2.75, 3.05) is 39.9 Å². The van der Waals surface area contributed by atoms with Crippen molar-refractivity contribution in [2.45, 2.75) is 20.3 Å². The molecule has 17 heavy (non-hydrogen) atoms. The van der Waals surface area contributed by atoms with Crippen molar-refractivity contribution in [3.63, 3.8) is 0 Å². The maximum Gasteiger partial charge on any atom is 0.279 e. The molecule has 3 N–H and O–H groups in total. The van der Waals surface area contributed by atoms with Crippen molar-refractivity contribution in [3.8, 4) is 0 Å². The first-order valence-electron chi connectivity index (χ1n) is 5.87. The molecule has 0 atom stereocenters. The molecule has 7 heteroatoms. The van der Waals surface area contributed by atoms with Gasteiger partial charge in [0.1, 0.15) is 0 Å². The first-order chi connectivity index (χ1) is 7.94. The van der Waals surface area contributed by atoms with E-state index in [1.54, 1.807) is 0 Å². The first kappa shape index (κ1) is 16.8. The summed E-state index contributed by atoms with van der Waals surface area (Å²) in [6.07, 6.45) is 0.665.